The van der Waals surface area contributed by atoms with Crippen molar-refractivity contribution in [2.75, 3.05) is 6.54 Å². The summed E-state index contributed by atoms with van der Waals surface area (Å²) in [6.45, 7) is 2.37. The molecule has 0 aliphatic carbocycles. The minimum absolute atomic E-state index is 0.000259. The van der Waals surface area contributed by atoms with Crippen LogP contribution >= 0.6 is 24.0 Å². The fourth-order valence-corrected chi connectivity index (χ4v) is 3.04. The number of non-ortho nitro benzene ring substituents is 1. The number of hydrogen-bond acceptors (Lipinski definition) is 5. The molecule has 1 aliphatic heterocycles. The molecule has 0 radical (unpaired) electrons. The molecule has 7 heteroatoms. The highest BCUT2D eigenvalue weighted by Crippen LogP contribution is 2.32. The van der Waals surface area contributed by atoms with E-state index in [1.165, 1.54) is 28.8 Å². The molecule has 0 aromatic heterocycles. The average molecular weight is 294 g/mol. The van der Waals surface area contributed by atoms with Gasteiger partial charge in [0, 0.05) is 18.7 Å². The fourth-order valence-electron chi connectivity index (χ4n) is 1.65. The SMILES string of the molecule is CCN1C(=O)/C(=C/c2cccc([N+](=O)[O-])c2)SC1=S. The quantitative estimate of drug-likeness (QED) is 0.371. The Balaban J connectivity index is 2.32. The fraction of sp³-hybridized carbons (Fsp3) is 0.167. The van der Waals surface area contributed by atoms with Crippen LogP contribution in [0.1, 0.15) is 12.5 Å². The van der Waals surface area contributed by atoms with Crippen molar-refractivity contribution in [2.45, 2.75) is 6.92 Å². The summed E-state index contributed by atoms with van der Waals surface area (Å²) in [7, 11) is 0. The number of nitrogens with zero attached hydrogens (tertiary/aromatic N) is 2. The van der Waals surface area contributed by atoms with Crippen LogP contribution < -0.4 is 0 Å². The summed E-state index contributed by atoms with van der Waals surface area (Å²) in [6, 6.07) is 6.14. The van der Waals surface area contributed by atoms with E-state index in [1.807, 2.05) is 6.92 Å². The first-order valence-electron chi connectivity index (χ1n) is 5.52. The van der Waals surface area contributed by atoms with E-state index in [9.17, 15) is 14.9 Å². The van der Waals surface area contributed by atoms with Gasteiger partial charge in [-0.3, -0.25) is 19.8 Å². The van der Waals surface area contributed by atoms with E-state index < -0.39 is 4.92 Å². The summed E-state index contributed by atoms with van der Waals surface area (Å²) in [5.74, 6) is -0.149. The zero-order valence-electron chi connectivity index (χ0n) is 10.0. The van der Waals surface area contributed by atoms with Gasteiger partial charge >= 0.3 is 0 Å². The van der Waals surface area contributed by atoms with Gasteiger partial charge in [0.1, 0.15) is 4.32 Å². The maximum absolute atomic E-state index is 12.0. The zero-order chi connectivity index (χ0) is 14.0. The Morgan fingerprint density at radius 1 is 1.53 bits per heavy atom. The maximum atomic E-state index is 12.0. The van der Waals surface area contributed by atoms with Crippen LogP contribution in [0.15, 0.2) is 29.2 Å². The minimum Gasteiger partial charge on any atom is -0.293 e. The highest BCUT2D eigenvalue weighted by atomic mass is 32.2. The van der Waals surface area contributed by atoms with Crippen LogP contribution in [0, 0.1) is 10.1 Å². The number of thiocarbonyl (C=S) groups is 1. The summed E-state index contributed by atoms with van der Waals surface area (Å²) in [5.41, 5.74) is 0.616. The number of rotatable bonds is 3. The number of likely N-dealkylation sites (N-methyl/N-ethyl adjacent to an activating group) is 1. The van der Waals surface area contributed by atoms with Crippen LogP contribution in [-0.2, 0) is 4.79 Å². The van der Waals surface area contributed by atoms with Crippen molar-refractivity contribution in [3.05, 3.63) is 44.8 Å². The monoisotopic (exact) mass is 294 g/mol. The number of carbonyl (C=O) groups is 1. The Bertz CT molecular complexity index is 598. The lowest BCUT2D eigenvalue weighted by Crippen LogP contribution is -2.27. The van der Waals surface area contributed by atoms with Crippen LogP contribution in [0.2, 0.25) is 0 Å². The molecular weight excluding hydrogens is 284 g/mol. The molecule has 98 valence electrons. The van der Waals surface area contributed by atoms with Gasteiger partial charge in [0.05, 0.1) is 9.83 Å². The van der Waals surface area contributed by atoms with Crippen LogP contribution in [0.5, 0.6) is 0 Å². The molecule has 1 fully saturated rings. The molecule has 5 nitrogen and oxygen atoms in total. The number of amides is 1. The number of hydrogen-bond donors (Lipinski definition) is 0. The smallest absolute Gasteiger partial charge is 0.270 e. The van der Waals surface area contributed by atoms with Crippen LogP contribution in [0.4, 0.5) is 5.69 Å². The van der Waals surface area contributed by atoms with Gasteiger partial charge in [0.25, 0.3) is 11.6 Å². The summed E-state index contributed by atoms with van der Waals surface area (Å²) in [4.78, 5) is 24.2. The second-order valence-electron chi connectivity index (χ2n) is 3.78. The number of carbonyl (C=O) groups excluding carboxylic acids is 1. The Labute approximate surface area is 119 Å². The van der Waals surface area contributed by atoms with Crippen molar-refractivity contribution in [1.82, 2.24) is 4.90 Å². The molecule has 2 rings (SSSR count). The van der Waals surface area contributed by atoms with Crippen LogP contribution in [-0.4, -0.2) is 26.6 Å². The number of benzene rings is 1. The van der Waals surface area contributed by atoms with E-state index >= 15 is 0 Å². The second kappa shape index (κ2) is 5.50. The Morgan fingerprint density at radius 3 is 2.84 bits per heavy atom. The van der Waals surface area contributed by atoms with E-state index in [-0.39, 0.29) is 11.6 Å². The molecule has 0 spiro atoms. The molecule has 0 saturated carbocycles. The van der Waals surface area contributed by atoms with Gasteiger partial charge < -0.3 is 0 Å². The lowest BCUT2D eigenvalue weighted by atomic mass is 10.2. The predicted molar refractivity (Wildman–Crippen MR) is 78.6 cm³/mol. The lowest BCUT2D eigenvalue weighted by Gasteiger charge is -2.09. The van der Waals surface area contributed by atoms with E-state index in [0.29, 0.717) is 21.3 Å². The van der Waals surface area contributed by atoms with Gasteiger partial charge in [0.15, 0.2) is 0 Å². The van der Waals surface area contributed by atoms with E-state index in [2.05, 4.69) is 0 Å². The van der Waals surface area contributed by atoms with Crippen molar-refractivity contribution in [2.24, 2.45) is 0 Å². The van der Waals surface area contributed by atoms with Gasteiger partial charge in [-0.2, -0.15) is 0 Å². The largest absolute Gasteiger partial charge is 0.293 e. The molecule has 0 N–H and O–H groups in total. The van der Waals surface area contributed by atoms with Crippen LogP contribution in [0.3, 0.4) is 0 Å². The van der Waals surface area contributed by atoms with Gasteiger partial charge in [-0.05, 0) is 18.6 Å². The first kappa shape index (κ1) is 13.7. The standard InChI is InChI=1S/C12H10N2O3S2/c1-2-13-11(15)10(19-12(13)18)7-8-4-3-5-9(6-8)14(16)17/h3-7H,2H2,1H3/b10-7-. The lowest BCUT2D eigenvalue weighted by molar-refractivity contribution is -0.384. The van der Waals surface area contributed by atoms with E-state index in [4.69, 9.17) is 12.2 Å². The Morgan fingerprint density at radius 2 is 2.26 bits per heavy atom. The van der Waals surface area contributed by atoms with Crippen LogP contribution in [0.25, 0.3) is 6.08 Å². The number of nitro benzene ring substituents is 1. The van der Waals surface area contributed by atoms with Crippen molar-refractivity contribution in [3.63, 3.8) is 0 Å². The third-order valence-corrected chi connectivity index (χ3v) is 3.95. The molecule has 1 amide bonds. The third-order valence-electron chi connectivity index (χ3n) is 2.57. The molecule has 0 unspecified atom stereocenters. The van der Waals surface area contributed by atoms with E-state index in [1.54, 1.807) is 18.2 Å². The van der Waals surface area contributed by atoms with Crippen molar-refractivity contribution in [1.29, 1.82) is 0 Å². The second-order valence-corrected chi connectivity index (χ2v) is 5.45. The predicted octanol–water partition coefficient (Wildman–Crippen LogP) is 2.82. The summed E-state index contributed by atoms with van der Waals surface area (Å²) in [6.07, 6.45) is 1.63. The molecule has 1 aliphatic rings. The van der Waals surface area contributed by atoms with Gasteiger partial charge in [-0.25, -0.2) is 0 Å². The summed E-state index contributed by atoms with van der Waals surface area (Å²) >= 11 is 6.31. The molecule has 1 aromatic rings. The first-order chi connectivity index (χ1) is 9.02. The van der Waals surface area contributed by atoms with Crippen molar-refractivity contribution < 1.29 is 9.72 Å². The third kappa shape index (κ3) is 2.82. The summed E-state index contributed by atoms with van der Waals surface area (Å²) in [5, 5.41) is 10.7. The first-order valence-corrected chi connectivity index (χ1v) is 6.75. The molecule has 1 aromatic carbocycles. The van der Waals surface area contributed by atoms with Crippen molar-refractivity contribution in [3.8, 4) is 0 Å². The highest BCUT2D eigenvalue weighted by Gasteiger charge is 2.30. The number of nitro groups is 1. The highest BCUT2D eigenvalue weighted by molar-refractivity contribution is 8.26. The molecule has 1 saturated heterocycles. The summed E-state index contributed by atoms with van der Waals surface area (Å²) < 4.78 is 0.518. The normalized spacial score (nSPS) is 17.3. The molecule has 0 bridgehead atoms. The van der Waals surface area contributed by atoms with Gasteiger partial charge in [0.2, 0.25) is 0 Å². The molecular formula is C12H10N2O3S2. The Kier molecular flexibility index (Phi) is 3.96. The zero-order valence-corrected chi connectivity index (χ0v) is 11.7. The number of thioether (sulfide) groups is 1. The molecule has 1 heterocycles. The maximum Gasteiger partial charge on any atom is 0.270 e. The van der Waals surface area contributed by atoms with Gasteiger partial charge in [-0.15, -0.1) is 0 Å². The van der Waals surface area contributed by atoms with E-state index in [0.717, 1.165) is 0 Å². The molecule has 0 atom stereocenters. The van der Waals surface area contributed by atoms with Gasteiger partial charge in [-0.1, -0.05) is 36.1 Å². The average Bonchev–Trinajstić information content (AvgIpc) is 2.64. The topological polar surface area (TPSA) is 63.5 Å². The Hall–Kier alpha value is -1.73. The molecule has 19 heavy (non-hydrogen) atoms. The minimum atomic E-state index is -0.464. The van der Waals surface area contributed by atoms with Crippen molar-refractivity contribution >= 4 is 46.0 Å².